The van der Waals surface area contributed by atoms with Crippen LogP contribution in [0.2, 0.25) is 0 Å². The molecule has 146 valence electrons. The number of carboxylic acids is 1. The number of nitrogens with one attached hydrogen (secondary N) is 1. The number of carbonyl (C=O) groups is 2. The van der Waals surface area contributed by atoms with Crippen molar-refractivity contribution in [1.82, 2.24) is 5.32 Å². The summed E-state index contributed by atoms with van der Waals surface area (Å²) in [5.74, 6) is -1.29. The molecule has 4 rings (SSSR count). The molecular weight excluding hydrogens is 366 g/mol. The summed E-state index contributed by atoms with van der Waals surface area (Å²) in [6, 6.07) is 24.4. The van der Waals surface area contributed by atoms with Crippen molar-refractivity contribution in [2.45, 2.75) is 18.4 Å². The third-order valence-corrected chi connectivity index (χ3v) is 5.21. The topological polar surface area (TPSA) is 78.5 Å². The van der Waals surface area contributed by atoms with Gasteiger partial charge in [0, 0.05) is 18.3 Å². The van der Waals surface area contributed by atoms with Gasteiger partial charge in [-0.2, -0.15) is 0 Å². The van der Waals surface area contributed by atoms with Gasteiger partial charge in [0.15, 0.2) is 0 Å². The van der Waals surface area contributed by atoms with E-state index in [2.05, 4.69) is 17.4 Å². The van der Waals surface area contributed by atoms with Crippen molar-refractivity contribution in [3.63, 3.8) is 0 Å². The molecule has 1 aliphatic rings. The SMILES string of the molecule is O=C([O-])C[C@H](NC(=O)OCC1c2ccccc2-c2ccccc21)c1ccccc1. The monoisotopic (exact) mass is 386 g/mol. The molecule has 0 bridgehead atoms. The number of alkyl carbamates (subject to hydrolysis) is 1. The summed E-state index contributed by atoms with van der Waals surface area (Å²) in [5.41, 5.74) is 5.23. The Morgan fingerprint density at radius 3 is 2.00 bits per heavy atom. The molecular formula is C24H20NO4-. The lowest BCUT2D eigenvalue weighted by molar-refractivity contribution is -0.306. The van der Waals surface area contributed by atoms with Crippen LogP contribution in [0.1, 0.15) is 35.1 Å². The van der Waals surface area contributed by atoms with E-state index in [4.69, 9.17) is 4.74 Å². The van der Waals surface area contributed by atoms with E-state index in [-0.39, 0.29) is 18.9 Å². The van der Waals surface area contributed by atoms with Gasteiger partial charge in [0.1, 0.15) is 6.61 Å². The summed E-state index contributed by atoms with van der Waals surface area (Å²) in [6.07, 6.45) is -0.976. The quantitative estimate of drug-likeness (QED) is 0.704. The predicted molar refractivity (Wildman–Crippen MR) is 107 cm³/mol. The molecule has 5 nitrogen and oxygen atoms in total. The first-order valence-corrected chi connectivity index (χ1v) is 9.50. The number of ether oxygens (including phenoxy) is 1. The number of hydrogen-bond donors (Lipinski definition) is 1. The Labute approximate surface area is 169 Å². The third kappa shape index (κ3) is 3.99. The van der Waals surface area contributed by atoms with Crippen LogP contribution in [0, 0.1) is 0 Å². The number of rotatable bonds is 6. The van der Waals surface area contributed by atoms with Crippen molar-refractivity contribution < 1.29 is 19.4 Å². The Hall–Kier alpha value is -3.60. The highest BCUT2D eigenvalue weighted by molar-refractivity contribution is 5.79. The van der Waals surface area contributed by atoms with E-state index in [1.807, 2.05) is 42.5 Å². The van der Waals surface area contributed by atoms with Gasteiger partial charge < -0.3 is 20.0 Å². The van der Waals surface area contributed by atoms with Gasteiger partial charge in [0.25, 0.3) is 0 Å². The van der Waals surface area contributed by atoms with Crippen LogP contribution in [0.4, 0.5) is 4.79 Å². The Balaban J connectivity index is 1.47. The Morgan fingerprint density at radius 1 is 0.862 bits per heavy atom. The van der Waals surface area contributed by atoms with Crippen molar-refractivity contribution in [2.75, 3.05) is 6.61 Å². The third-order valence-electron chi connectivity index (χ3n) is 5.21. The smallest absolute Gasteiger partial charge is 0.407 e. The highest BCUT2D eigenvalue weighted by Crippen LogP contribution is 2.44. The Kier molecular flexibility index (Phi) is 5.29. The molecule has 1 aliphatic carbocycles. The fourth-order valence-electron chi connectivity index (χ4n) is 3.89. The average molecular weight is 386 g/mol. The fraction of sp³-hybridized carbons (Fsp3) is 0.167. The molecule has 1 amide bonds. The molecule has 3 aromatic rings. The molecule has 0 aromatic heterocycles. The highest BCUT2D eigenvalue weighted by Gasteiger charge is 2.29. The largest absolute Gasteiger partial charge is 0.550 e. The van der Waals surface area contributed by atoms with Crippen LogP contribution in [-0.2, 0) is 9.53 Å². The van der Waals surface area contributed by atoms with Crippen LogP contribution in [-0.4, -0.2) is 18.7 Å². The van der Waals surface area contributed by atoms with Crippen LogP contribution < -0.4 is 10.4 Å². The summed E-state index contributed by atoms with van der Waals surface area (Å²) >= 11 is 0. The number of fused-ring (bicyclic) bond motifs is 3. The maximum absolute atomic E-state index is 12.4. The Bertz CT molecular complexity index is 986. The minimum Gasteiger partial charge on any atom is -0.550 e. The van der Waals surface area contributed by atoms with Crippen molar-refractivity contribution in [3.05, 3.63) is 95.6 Å². The van der Waals surface area contributed by atoms with Crippen molar-refractivity contribution in [1.29, 1.82) is 0 Å². The van der Waals surface area contributed by atoms with E-state index in [0.29, 0.717) is 5.56 Å². The van der Waals surface area contributed by atoms with Gasteiger partial charge in [0.05, 0.1) is 6.04 Å². The highest BCUT2D eigenvalue weighted by atomic mass is 16.5. The van der Waals surface area contributed by atoms with Gasteiger partial charge >= 0.3 is 6.09 Å². The first-order valence-electron chi connectivity index (χ1n) is 9.50. The first-order chi connectivity index (χ1) is 14.1. The molecule has 0 saturated heterocycles. The minimum absolute atomic E-state index is 0.0514. The number of benzene rings is 3. The van der Waals surface area contributed by atoms with Crippen molar-refractivity contribution in [2.24, 2.45) is 0 Å². The van der Waals surface area contributed by atoms with E-state index in [0.717, 1.165) is 22.3 Å². The first kappa shape index (κ1) is 18.7. The fourth-order valence-corrected chi connectivity index (χ4v) is 3.89. The molecule has 3 aromatic carbocycles. The zero-order valence-corrected chi connectivity index (χ0v) is 15.7. The zero-order chi connectivity index (χ0) is 20.2. The van der Waals surface area contributed by atoms with Gasteiger partial charge in [-0.1, -0.05) is 78.9 Å². The standard InChI is InChI=1S/C24H21NO4/c26-23(27)14-22(16-8-2-1-3-9-16)25-24(28)29-15-21-19-12-6-4-10-17(19)18-11-5-7-13-20(18)21/h1-13,21-22H,14-15H2,(H,25,28)(H,26,27)/p-1/t22-/m0/s1. The van der Waals surface area contributed by atoms with Crippen molar-refractivity contribution >= 4 is 12.1 Å². The maximum atomic E-state index is 12.4. The predicted octanol–water partition coefficient (Wildman–Crippen LogP) is 3.41. The molecule has 0 radical (unpaired) electrons. The summed E-state index contributed by atoms with van der Waals surface area (Å²) in [7, 11) is 0. The molecule has 0 unspecified atom stereocenters. The van der Waals surface area contributed by atoms with Gasteiger partial charge in [-0.15, -0.1) is 0 Å². The van der Waals surface area contributed by atoms with Gasteiger partial charge in [-0.05, 0) is 27.8 Å². The van der Waals surface area contributed by atoms with E-state index >= 15 is 0 Å². The normalized spacial score (nSPS) is 13.2. The summed E-state index contributed by atoms with van der Waals surface area (Å²) in [5, 5.41) is 13.8. The number of aliphatic carboxylic acids is 1. The molecule has 0 aliphatic heterocycles. The van der Waals surface area contributed by atoms with Crippen LogP contribution in [0.25, 0.3) is 11.1 Å². The number of carboxylic acid groups (broad SMARTS) is 1. The Morgan fingerprint density at radius 2 is 1.41 bits per heavy atom. The molecule has 5 heteroatoms. The molecule has 0 fully saturated rings. The molecule has 0 saturated carbocycles. The number of hydrogen-bond acceptors (Lipinski definition) is 4. The van der Waals surface area contributed by atoms with Gasteiger partial charge in [0.2, 0.25) is 0 Å². The lowest BCUT2D eigenvalue weighted by Gasteiger charge is -2.21. The maximum Gasteiger partial charge on any atom is 0.407 e. The van der Waals surface area contributed by atoms with Crippen LogP contribution in [0.15, 0.2) is 78.9 Å². The van der Waals surface area contributed by atoms with Gasteiger partial charge in [-0.25, -0.2) is 4.79 Å². The minimum atomic E-state index is -1.24. The molecule has 1 N–H and O–H groups in total. The second kappa shape index (κ2) is 8.19. The van der Waals surface area contributed by atoms with Crippen LogP contribution in [0.3, 0.4) is 0 Å². The lowest BCUT2D eigenvalue weighted by atomic mass is 9.98. The summed E-state index contributed by atoms with van der Waals surface area (Å²) < 4.78 is 5.51. The van der Waals surface area contributed by atoms with Crippen LogP contribution >= 0.6 is 0 Å². The van der Waals surface area contributed by atoms with E-state index in [1.165, 1.54) is 0 Å². The van der Waals surface area contributed by atoms with Crippen molar-refractivity contribution in [3.8, 4) is 11.1 Å². The second-order valence-corrected chi connectivity index (χ2v) is 7.01. The summed E-state index contributed by atoms with van der Waals surface area (Å²) in [4.78, 5) is 23.5. The number of carbonyl (C=O) groups excluding carboxylic acids is 2. The second-order valence-electron chi connectivity index (χ2n) is 7.01. The molecule has 1 atom stereocenters. The zero-order valence-electron chi connectivity index (χ0n) is 15.7. The molecule has 0 heterocycles. The average Bonchev–Trinajstić information content (AvgIpc) is 3.06. The van der Waals surface area contributed by atoms with Gasteiger partial charge in [-0.3, -0.25) is 0 Å². The van der Waals surface area contributed by atoms with E-state index in [1.54, 1.807) is 24.3 Å². The molecule has 0 spiro atoms. The van der Waals surface area contributed by atoms with E-state index in [9.17, 15) is 14.7 Å². The summed E-state index contributed by atoms with van der Waals surface area (Å²) in [6.45, 7) is 0.173. The lowest BCUT2D eigenvalue weighted by Crippen LogP contribution is -2.35. The molecule has 29 heavy (non-hydrogen) atoms. The van der Waals surface area contributed by atoms with Crippen LogP contribution in [0.5, 0.6) is 0 Å². The van der Waals surface area contributed by atoms with E-state index < -0.39 is 18.1 Å². The number of amides is 1.